The first-order valence-corrected chi connectivity index (χ1v) is 6.68. The van der Waals surface area contributed by atoms with Crippen LogP contribution in [-0.4, -0.2) is 60.3 Å². The molecule has 22 heavy (non-hydrogen) atoms. The van der Waals surface area contributed by atoms with Crippen molar-refractivity contribution in [3.63, 3.8) is 0 Å². The maximum atomic E-state index is 11.3. The Balaban J connectivity index is 2.67. The third kappa shape index (κ3) is 6.20. The van der Waals surface area contributed by atoms with Gasteiger partial charge < -0.3 is 24.8 Å². The predicted octanol–water partition coefficient (Wildman–Crippen LogP) is -0.170. The Hall–Kier alpha value is -2.65. The Bertz CT molecular complexity index is 470. The minimum Gasteiger partial charge on any atom is -0.467 e. The van der Waals surface area contributed by atoms with Crippen LogP contribution < -0.4 is 15.4 Å². The summed E-state index contributed by atoms with van der Waals surface area (Å²) >= 11 is 0. The number of hydrogen-bond acceptors (Lipinski definition) is 10. The zero-order chi connectivity index (χ0) is 16.4. The summed E-state index contributed by atoms with van der Waals surface area (Å²) in [6.07, 6.45) is 0. The fourth-order valence-electron chi connectivity index (χ4n) is 1.33. The first-order chi connectivity index (χ1) is 10.6. The smallest absolute Gasteiger partial charge is 0.325 e. The van der Waals surface area contributed by atoms with Crippen molar-refractivity contribution >= 4 is 23.8 Å². The van der Waals surface area contributed by atoms with E-state index in [9.17, 15) is 9.59 Å². The summed E-state index contributed by atoms with van der Waals surface area (Å²) in [6, 6.07) is 0.0349. The number of aromatic nitrogens is 3. The number of rotatable bonds is 9. The molecule has 122 valence electrons. The SMILES string of the molecule is CCOC(=O)CNc1nc(NCC(=O)OCC)nc(OC)n1. The van der Waals surface area contributed by atoms with Gasteiger partial charge in [0.2, 0.25) is 11.9 Å². The van der Waals surface area contributed by atoms with Crippen LogP contribution in [0.2, 0.25) is 0 Å². The maximum absolute atomic E-state index is 11.3. The number of ether oxygens (including phenoxy) is 3. The average Bonchev–Trinajstić information content (AvgIpc) is 2.51. The average molecular weight is 313 g/mol. The molecule has 1 rings (SSSR count). The number of hydrogen-bond donors (Lipinski definition) is 2. The molecule has 0 unspecified atom stereocenters. The number of carbonyl (C=O) groups is 2. The van der Waals surface area contributed by atoms with E-state index in [1.807, 2.05) is 0 Å². The number of anilines is 2. The van der Waals surface area contributed by atoms with Gasteiger partial charge in [-0.2, -0.15) is 15.0 Å². The quantitative estimate of drug-likeness (QED) is 0.593. The van der Waals surface area contributed by atoms with Crippen LogP contribution in [0.25, 0.3) is 0 Å². The van der Waals surface area contributed by atoms with Crippen LogP contribution in [0.5, 0.6) is 6.01 Å². The molecule has 0 amide bonds. The molecule has 0 spiro atoms. The van der Waals surface area contributed by atoms with E-state index in [1.165, 1.54) is 7.11 Å². The van der Waals surface area contributed by atoms with Crippen molar-refractivity contribution in [2.24, 2.45) is 0 Å². The summed E-state index contributed by atoms with van der Waals surface area (Å²) in [5.74, 6) is -0.650. The van der Waals surface area contributed by atoms with Gasteiger partial charge >= 0.3 is 17.9 Å². The fourth-order valence-corrected chi connectivity index (χ4v) is 1.33. The van der Waals surface area contributed by atoms with Gasteiger partial charge in [0.1, 0.15) is 13.1 Å². The maximum Gasteiger partial charge on any atom is 0.325 e. The van der Waals surface area contributed by atoms with E-state index in [2.05, 4.69) is 25.6 Å². The molecule has 0 saturated heterocycles. The molecular formula is C12H19N5O5. The van der Waals surface area contributed by atoms with Gasteiger partial charge in [-0.05, 0) is 13.8 Å². The largest absolute Gasteiger partial charge is 0.467 e. The molecule has 1 aromatic rings. The molecule has 1 heterocycles. The second kappa shape index (κ2) is 9.32. The molecule has 0 aromatic carbocycles. The molecule has 0 fully saturated rings. The van der Waals surface area contributed by atoms with Gasteiger partial charge in [-0.15, -0.1) is 0 Å². The lowest BCUT2D eigenvalue weighted by Gasteiger charge is -2.09. The minimum atomic E-state index is -0.442. The molecular weight excluding hydrogens is 294 g/mol. The molecule has 0 saturated carbocycles. The standard InChI is InChI=1S/C12H19N5O5/c1-4-21-8(18)6-13-10-15-11(17-12(16-10)20-3)14-7-9(19)22-5-2/h4-7H2,1-3H3,(H2,13,14,15,16,17). The number of carbonyl (C=O) groups excluding carboxylic acids is 2. The summed E-state index contributed by atoms with van der Waals surface area (Å²) in [6.45, 7) is 3.79. The number of nitrogens with zero attached hydrogens (tertiary/aromatic N) is 3. The Morgan fingerprint density at radius 3 is 1.73 bits per heavy atom. The molecule has 0 aliphatic rings. The zero-order valence-corrected chi connectivity index (χ0v) is 12.7. The molecule has 0 aliphatic carbocycles. The van der Waals surface area contributed by atoms with Crippen LogP contribution in [-0.2, 0) is 19.1 Å². The molecule has 0 atom stereocenters. The minimum absolute atomic E-state index is 0.0349. The van der Waals surface area contributed by atoms with E-state index in [0.29, 0.717) is 0 Å². The molecule has 0 radical (unpaired) electrons. The second-order valence-corrected chi connectivity index (χ2v) is 3.79. The normalized spacial score (nSPS) is 9.77. The number of esters is 2. The van der Waals surface area contributed by atoms with Crippen LogP contribution in [0.4, 0.5) is 11.9 Å². The fraction of sp³-hybridized carbons (Fsp3) is 0.583. The van der Waals surface area contributed by atoms with Gasteiger partial charge in [-0.25, -0.2) is 0 Å². The molecule has 10 nitrogen and oxygen atoms in total. The number of nitrogens with one attached hydrogen (secondary N) is 2. The highest BCUT2D eigenvalue weighted by Gasteiger charge is 2.10. The summed E-state index contributed by atoms with van der Waals surface area (Å²) < 4.78 is 14.5. The molecule has 2 N–H and O–H groups in total. The lowest BCUT2D eigenvalue weighted by molar-refractivity contribution is -0.141. The molecule has 10 heteroatoms. The first-order valence-electron chi connectivity index (χ1n) is 6.68. The predicted molar refractivity (Wildman–Crippen MR) is 76.6 cm³/mol. The first kappa shape index (κ1) is 17.4. The number of methoxy groups -OCH3 is 1. The Kier molecular flexibility index (Phi) is 7.37. The van der Waals surface area contributed by atoms with Crippen LogP contribution in [0.3, 0.4) is 0 Å². The van der Waals surface area contributed by atoms with Crippen LogP contribution in [0.15, 0.2) is 0 Å². The van der Waals surface area contributed by atoms with Crippen molar-refractivity contribution in [3.8, 4) is 6.01 Å². The summed E-state index contributed by atoms with van der Waals surface area (Å²) in [5.41, 5.74) is 0. The Labute approximate surface area is 127 Å². The van der Waals surface area contributed by atoms with Crippen LogP contribution in [0, 0.1) is 0 Å². The summed E-state index contributed by atoms with van der Waals surface area (Å²) in [5, 5.41) is 5.37. The summed E-state index contributed by atoms with van der Waals surface area (Å²) in [4.78, 5) is 34.4. The van der Waals surface area contributed by atoms with E-state index in [-0.39, 0.29) is 44.2 Å². The van der Waals surface area contributed by atoms with Crippen molar-refractivity contribution in [2.75, 3.05) is 44.0 Å². The Morgan fingerprint density at radius 1 is 0.909 bits per heavy atom. The van der Waals surface area contributed by atoms with E-state index >= 15 is 0 Å². The lowest BCUT2D eigenvalue weighted by atomic mass is 10.6. The van der Waals surface area contributed by atoms with Gasteiger partial charge in [0.25, 0.3) is 0 Å². The highest BCUT2D eigenvalue weighted by Crippen LogP contribution is 2.10. The van der Waals surface area contributed by atoms with Gasteiger partial charge in [-0.3, -0.25) is 9.59 Å². The lowest BCUT2D eigenvalue weighted by Crippen LogP contribution is -2.21. The molecule has 0 bridgehead atoms. The van der Waals surface area contributed by atoms with Gasteiger partial charge in [-0.1, -0.05) is 0 Å². The van der Waals surface area contributed by atoms with Gasteiger partial charge in [0.15, 0.2) is 0 Å². The van der Waals surface area contributed by atoms with E-state index in [0.717, 1.165) is 0 Å². The zero-order valence-electron chi connectivity index (χ0n) is 12.7. The van der Waals surface area contributed by atoms with Gasteiger partial charge in [0.05, 0.1) is 20.3 Å². The van der Waals surface area contributed by atoms with Crippen molar-refractivity contribution < 1.29 is 23.8 Å². The van der Waals surface area contributed by atoms with Gasteiger partial charge in [0, 0.05) is 0 Å². The van der Waals surface area contributed by atoms with Crippen molar-refractivity contribution in [3.05, 3.63) is 0 Å². The molecule has 0 aliphatic heterocycles. The Morgan fingerprint density at radius 2 is 1.36 bits per heavy atom. The van der Waals surface area contributed by atoms with E-state index < -0.39 is 11.9 Å². The second-order valence-electron chi connectivity index (χ2n) is 3.79. The third-order valence-corrected chi connectivity index (χ3v) is 2.19. The third-order valence-electron chi connectivity index (χ3n) is 2.19. The van der Waals surface area contributed by atoms with Crippen molar-refractivity contribution in [2.45, 2.75) is 13.8 Å². The van der Waals surface area contributed by atoms with Crippen LogP contribution in [0.1, 0.15) is 13.8 Å². The highest BCUT2D eigenvalue weighted by atomic mass is 16.5. The van der Waals surface area contributed by atoms with E-state index in [4.69, 9.17) is 14.2 Å². The van der Waals surface area contributed by atoms with Crippen molar-refractivity contribution in [1.82, 2.24) is 15.0 Å². The molecule has 1 aromatic heterocycles. The van der Waals surface area contributed by atoms with Crippen molar-refractivity contribution in [1.29, 1.82) is 0 Å². The van der Waals surface area contributed by atoms with E-state index in [1.54, 1.807) is 13.8 Å². The highest BCUT2D eigenvalue weighted by molar-refractivity contribution is 5.75. The monoisotopic (exact) mass is 313 g/mol. The summed E-state index contributed by atoms with van der Waals surface area (Å²) in [7, 11) is 1.39. The topological polar surface area (TPSA) is 125 Å². The van der Waals surface area contributed by atoms with Crippen LogP contribution >= 0.6 is 0 Å².